The van der Waals surface area contributed by atoms with Crippen LogP contribution in [0.2, 0.25) is 0 Å². The van der Waals surface area contributed by atoms with E-state index in [1.807, 2.05) is 44.2 Å². The van der Waals surface area contributed by atoms with Crippen LogP contribution in [0.15, 0.2) is 78.4 Å². The van der Waals surface area contributed by atoms with Gasteiger partial charge in [0.15, 0.2) is 0 Å². The molecule has 0 saturated carbocycles. The van der Waals surface area contributed by atoms with E-state index in [4.69, 9.17) is 5.73 Å². The van der Waals surface area contributed by atoms with Crippen LogP contribution in [0.4, 0.5) is 13.2 Å². The number of alkyl halides is 3. The molecule has 2 amide bonds. The molecule has 2 aromatic rings. The molecule has 6 nitrogen and oxygen atoms in total. The Balaban J connectivity index is 1.89. The average molecular weight is 572 g/mol. The molecule has 0 radical (unpaired) electrons. The van der Waals surface area contributed by atoms with Crippen molar-refractivity contribution in [3.05, 3.63) is 95.1 Å². The van der Waals surface area contributed by atoms with E-state index in [0.717, 1.165) is 24.5 Å². The van der Waals surface area contributed by atoms with E-state index < -0.39 is 35.1 Å². The van der Waals surface area contributed by atoms with Crippen LogP contribution in [-0.2, 0) is 28.7 Å². The largest absolute Gasteiger partial charge is 0.416 e. The normalized spacial score (nSPS) is 18.4. The number of hydrogen-bond donors (Lipinski definition) is 3. The minimum Gasteiger partial charge on any atom is -0.391 e. The highest BCUT2D eigenvalue weighted by molar-refractivity contribution is 5.96. The van der Waals surface area contributed by atoms with Crippen molar-refractivity contribution in [3.8, 4) is 0 Å². The van der Waals surface area contributed by atoms with Gasteiger partial charge in [-0.25, -0.2) is 0 Å². The summed E-state index contributed by atoms with van der Waals surface area (Å²) in [5.41, 5.74) is 5.25. The van der Waals surface area contributed by atoms with Gasteiger partial charge in [-0.15, -0.1) is 0 Å². The molecule has 0 saturated heterocycles. The van der Waals surface area contributed by atoms with Gasteiger partial charge in [0.25, 0.3) is 0 Å². The summed E-state index contributed by atoms with van der Waals surface area (Å²) < 4.78 is 40.4. The quantitative estimate of drug-likeness (QED) is 0.297. The lowest BCUT2D eigenvalue weighted by Gasteiger charge is -2.41. The number of hydrogen-bond acceptors (Lipinski definition) is 4. The van der Waals surface area contributed by atoms with Gasteiger partial charge >= 0.3 is 6.18 Å². The van der Waals surface area contributed by atoms with Crippen LogP contribution in [-0.4, -0.2) is 47.6 Å². The minimum atomic E-state index is -4.51. The molecule has 1 unspecified atom stereocenters. The van der Waals surface area contributed by atoms with E-state index in [1.165, 1.54) is 18.2 Å². The van der Waals surface area contributed by atoms with Crippen LogP contribution in [0.3, 0.4) is 0 Å². The SMILES string of the molecule is CCCN(CCC)C(=O)C1=CC=CC(C(N)=O)([C@H](Cc2ccccc2)[C@@H](O)CNCc2ccccc2C(F)(F)F)C1. The van der Waals surface area contributed by atoms with Gasteiger partial charge in [0.1, 0.15) is 0 Å². The molecule has 0 aliphatic heterocycles. The molecule has 3 rings (SSSR count). The number of nitrogens with two attached hydrogens (primary N) is 1. The van der Waals surface area contributed by atoms with Crippen molar-refractivity contribution in [3.63, 3.8) is 0 Å². The molecule has 222 valence electrons. The Kier molecular flexibility index (Phi) is 11.3. The second-order valence-corrected chi connectivity index (χ2v) is 10.6. The molecular weight excluding hydrogens is 531 g/mol. The van der Waals surface area contributed by atoms with Crippen LogP contribution >= 0.6 is 0 Å². The first-order chi connectivity index (χ1) is 19.5. The van der Waals surface area contributed by atoms with E-state index in [2.05, 4.69) is 5.32 Å². The fourth-order valence-electron chi connectivity index (χ4n) is 5.56. The predicted molar refractivity (Wildman–Crippen MR) is 153 cm³/mol. The number of carbonyl (C=O) groups is 2. The number of amides is 2. The van der Waals surface area contributed by atoms with Gasteiger partial charge in [-0.1, -0.05) is 80.6 Å². The lowest BCUT2D eigenvalue weighted by Crippen LogP contribution is -2.51. The number of primary amides is 1. The lowest BCUT2D eigenvalue weighted by molar-refractivity contribution is -0.138. The summed E-state index contributed by atoms with van der Waals surface area (Å²) in [6, 6.07) is 14.6. The van der Waals surface area contributed by atoms with Gasteiger partial charge in [-0.05, 0) is 42.9 Å². The van der Waals surface area contributed by atoms with Gasteiger partial charge in [0, 0.05) is 37.7 Å². The van der Waals surface area contributed by atoms with Crippen molar-refractivity contribution in [2.45, 2.75) is 58.4 Å². The molecule has 9 heteroatoms. The van der Waals surface area contributed by atoms with Crippen LogP contribution in [0.25, 0.3) is 0 Å². The summed E-state index contributed by atoms with van der Waals surface area (Å²) in [5, 5.41) is 14.5. The monoisotopic (exact) mass is 571 g/mol. The van der Waals surface area contributed by atoms with E-state index in [0.29, 0.717) is 18.7 Å². The van der Waals surface area contributed by atoms with E-state index in [-0.39, 0.29) is 37.4 Å². The highest BCUT2D eigenvalue weighted by Crippen LogP contribution is 2.43. The smallest absolute Gasteiger partial charge is 0.391 e. The van der Waals surface area contributed by atoms with E-state index in [9.17, 15) is 27.9 Å². The number of nitrogens with one attached hydrogen (secondary N) is 1. The number of halogens is 3. The fraction of sp³-hybridized carbons (Fsp3) is 0.438. The Bertz CT molecular complexity index is 1220. The molecule has 0 heterocycles. The van der Waals surface area contributed by atoms with Crippen molar-refractivity contribution < 1.29 is 27.9 Å². The first-order valence-electron chi connectivity index (χ1n) is 14.1. The number of rotatable bonds is 14. The van der Waals surface area contributed by atoms with Gasteiger partial charge in [0.2, 0.25) is 11.8 Å². The lowest BCUT2D eigenvalue weighted by atomic mass is 9.64. The summed E-state index contributed by atoms with van der Waals surface area (Å²) >= 11 is 0. The molecule has 1 aliphatic carbocycles. The topological polar surface area (TPSA) is 95.7 Å². The number of allylic oxidation sites excluding steroid dienone is 2. The second-order valence-electron chi connectivity index (χ2n) is 10.6. The number of benzene rings is 2. The fourth-order valence-corrected chi connectivity index (χ4v) is 5.56. The molecular formula is C32H40F3N3O3. The zero-order chi connectivity index (χ0) is 30.0. The molecule has 0 aromatic heterocycles. The zero-order valence-corrected chi connectivity index (χ0v) is 23.7. The predicted octanol–water partition coefficient (Wildman–Crippen LogP) is 5.02. The van der Waals surface area contributed by atoms with Gasteiger partial charge in [-0.3, -0.25) is 9.59 Å². The van der Waals surface area contributed by atoms with Crippen molar-refractivity contribution in [1.29, 1.82) is 0 Å². The summed E-state index contributed by atoms with van der Waals surface area (Å²) in [4.78, 5) is 28.5. The van der Waals surface area contributed by atoms with Crippen LogP contribution in [0, 0.1) is 11.3 Å². The van der Waals surface area contributed by atoms with Crippen LogP contribution in [0.1, 0.15) is 49.8 Å². The summed E-state index contributed by atoms with van der Waals surface area (Å²) in [7, 11) is 0. The minimum absolute atomic E-state index is 0.0209. The third kappa shape index (κ3) is 8.07. The Morgan fingerprint density at radius 3 is 2.29 bits per heavy atom. The van der Waals surface area contributed by atoms with E-state index >= 15 is 0 Å². The van der Waals surface area contributed by atoms with Gasteiger partial charge in [0.05, 0.1) is 17.1 Å². The maximum Gasteiger partial charge on any atom is 0.416 e. The molecule has 0 bridgehead atoms. The van der Waals surface area contributed by atoms with Crippen LogP contribution in [0.5, 0.6) is 0 Å². The number of aliphatic hydroxyl groups excluding tert-OH is 1. The molecule has 0 spiro atoms. The van der Waals surface area contributed by atoms with Gasteiger partial charge in [-0.2, -0.15) is 13.2 Å². The maximum atomic E-state index is 13.5. The van der Waals surface area contributed by atoms with Crippen molar-refractivity contribution in [2.75, 3.05) is 19.6 Å². The Morgan fingerprint density at radius 1 is 1.05 bits per heavy atom. The Labute approximate surface area is 240 Å². The van der Waals surface area contributed by atoms with Crippen molar-refractivity contribution in [1.82, 2.24) is 10.2 Å². The molecule has 1 aliphatic rings. The van der Waals surface area contributed by atoms with Crippen molar-refractivity contribution >= 4 is 11.8 Å². The molecule has 41 heavy (non-hydrogen) atoms. The molecule has 0 fully saturated rings. The molecule has 4 N–H and O–H groups in total. The van der Waals surface area contributed by atoms with Gasteiger partial charge < -0.3 is 21.1 Å². The van der Waals surface area contributed by atoms with Crippen molar-refractivity contribution in [2.24, 2.45) is 17.1 Å². The standard InChI is InChI=1S/C32H40F3N3O3/c1-3-17-38(18-4-2)29(40)24-14-10-16-31(20-24,30(36)41)27(19-23-11-6-5-7-12-23)28(39)22-37-21-25-13-8-9-15-26(25)32(33,34)35/h5-16,27-28,37,39H,3-4,17-22H2,1-2H3,(H2,36,41)/t27-,28+,31?/m1/s1. The zero-order valence-electron chi connectivity index (χ0n) is 23.7. The summed E-state index contributed by atoms with van der Waals surface area (Å²) in [6.45, 7) is 4.93. The highest BCUT2D eigenvalue weighted by Gasteiger charge is 2.47. The average Bonchev–Trinajstić information content (AvgIpc) is 2.95. The molecule has 2 aromatic carbocycles. The maximum absolute atomic E-state index is 13.5. The highest BCUT2D eigenvalue weighted by atomic mass is 19.4. The second kappa shape index (κ2) is 14.5. The third-order valence-corrected chi connectivity index (χ3v) is 7.60. The van der Waals surface area contributed by atoms with E-state index in [1.54, 1.807) is 23.1 Å². The number of nitrogens with zero attached hydrogens (tertiary/aromatic N) is 1. The number of aliphatic hydroxyl groups is 1. The Morgan fingerprint density at radius 2 is 1.68 bits per heavy atom. The summed E-state index contributed by atoms with van der Waals surface area (Å²) in [6.07, 6.45) is 1.19. The third-order valence-electron chi connectivity index (χ3n) is 7.60. The summed E-state index contributed by atoms with van der Waals surface area (Å²) in [5.74, 6) is -1.60. The number of carbonyl (C=O) groups excluding carboxylic acids is 2. The first-order valence-corrected chi connectivity index (χ1v) is 14.1. The Hall–Kier alpha value is -3.43. The molecule has 3 atom stereocenters. The first kappa shape index (κ1) is 32.1. The van der Waals surface area contributed by atoms with Crippen LogP contribution < -0.4 is 11.1 Å².